The molecule has 0 aliphatic heterocycles. The zero-order valence-corrected chi connectivity index (χ0v) is 23.0. The number of aliphatic hydroxyl groups is 2. The zero-order valence-electron chi connectivity index (χ0n) is 23.0. The molecule has 39 heavy (non-hydrogen) atoms. The lowest BCUT2D eigenvalue weighted by Gasteiger charge is -2.18. The van der Waals surface area contributed by atoms with Crippen molar-refractivity contribution < 1.29 is 39.2 Å². The molecule has 2 atom stereocenters. The average Bonchev–Trinajstić information content (AvgIpc) is 3.20. The first-order valence-corrected chi connectivity index (χ1v) is 12.8. The molecule has 2 unspecified atom stereocenters. The van der Waals surface area contributed by atoms with Crippen LogP contribution in [-0.4, -0.2) is 75.5 Å². The molecule has 0 radical (unpaired) electrons. The van der Waals surface area contributed by atoms with E-state index in [4.69, 9.17) is 24.8 Å². The van der Waals surface area contributed by atoms with Gasteiger partial charge in [0.2, 0.25) is 0 Å². The minimum absolute atomic E-state index is 0.0851. The van der Waals surface area contributed by atoms with Gasteiger partial charge in [-0.1, -0.05) is 32.9 Å². The Morgan fingerprint density at radius 3 is 2.21 bits per heavy atom. The number of anilines is 1. The second-order valence-corrected chi connectivity index (χ2v) is 9.83. The molecule has 0 saturated heterocycles. The molecular weight excluding hydrogens is 504 g/mol. The number of likely N-dealkylation sites (N-methyl/N-ethyl adjacent to an activating group) is 1. The van der Waals surface area contributed by atoms with E-state index in [1.165, 1.54) is 5.56 Å². The smallest absolute Gasteiger partial charge is 0.335 e. The van der Waals surface area contributed by atoms with Gasteiger partial charge in [0.05, 0.1) is 0 Å². The summed E-state index contributed by atoms with van der Waals surface area (Å²) in [5, 5.41) is 36.6. The summed E-state index contributed by atoms with van der Waals surface area (Å²) < 4.78 is 5.96. The van der Waals surface area contributed by atoms with Crippen LogP contribution in [0.2, 0.25) is 0 Å². The number of hydrogen-bond acceptors (Lipinski definition) is 7. The number of hydrogen-bond donors (Lipinski definition) is 5. The maximum Gasteiger partial charge on any atom is 0.335 e. The molecule has 212 valence electrons. The Kier molecular flexibility index (Phi) is 11.7. The molecular formula is C29H38N2O8. The van der Waals surface area contributed by atoms with E-state index in [0.29, 0.717) is 11.5 Å². The first-order chi connectivity index (χ1) is 18.3. The monoisotopic (exact) mass is 542 g/mol. The molecule has 3 aromatic rings. The first-order valence-electron chi connectivity index (χ1n) is 12.8. The highest BCUT2D eigenvalue weighted by Gasteiger charge is 2.29. The predicted molar refractivity (Wildman–Crippen MR) is 148 cm³/mol. The van der Waals surface area contributed by atoms with Gasteiger partial charge in [-0.25, -0.2) is 9.59 Å². The second-order valence-electron chi connectivity index (χ2n) is 9.83. The summed E-state index contributed by atoms with van der Waals surface area (Å²) in [6.45, 7) is 10.6. The van der Waals surface area contributed by atoms with Gasteiger partial charge in [0.1, 0.15) is 11.3 Å². The van der Waals surface area contributed by atoms with Crippen molar-refractivity contribution in [1.29, 1.82) is 0 Å². The van der Waals surface area contributed by atoms with E-state index < -0.39 is 24.1 Å². The van der Waals surface area contributed by atoms with Gasteiger partial charge < -0.3 is 35.1 Å². The van der Waals surface area contributed by atoms with E-state index in [1.807, 2.05) is 49.4 Å². The summed E-state index contributed by atoms with van der Waals surface area (Å²) in [4.78, 5) is 34.6. The maximum absolute atomic E-state index is 12.7. The topological polar surface area (TPSA) is 161 Å². The van der Waals surface area contributed by atoms with Gasteiger partial charge in [-0.3, -0.25) is 4.79 Å². The van der Waals surface area contributed by atoms with Gasteiger partial charge in [-0.15, -0.1) is 0 Å². The molecule has 0 bridgehead atoms. The van der Waals surface area contributed by atoms with Crippen molar-refractivity contribution in [3.8, 4) is 0 Å². The van der Waals surface area contributed by atoms with Crippen molar-refractivity contribution in [1.82, 2.24) is 4.90 Å². The SMILES string of the molecule is CCc1cccc(C(=O)Nc2ccc3oc(C)c(CCN(C)CC(C)C)c3c2)c1.O=C(O)C(O)C(O)C(=O)O. The summed E-state index contributed by atoms with van der Waals surface area (Å²) in [6.07, 6.45) is -2.69. The van der Waals surface area contributed by atoms with Crippen molar-refractivity contribution in [2.75, 3.05) is 25.5 Å². The number of benzene rings is 2. The highest BCUT2D eigenvalue weighted by Crippen LogP contribution is 2.29. The fraction of sp³-hybridized carbons (Fsp3) is 0.414. The normalized spacial score (nSPS) is 12.6. The number of aryl methyl sites for hydroxylation is 2. The summed E-state index contributed by atoms with van der Waals surface area (Å²) in [5.41, 5.74) is 4.73. The van der Waals surface area contributed by atoms with E-state index >= 15 is 0 Å². The zero-order chi connectivity index (χ0) is 29.3. The largest absolute Gasteiger partial charge is 0.479 e. The molecule has 1 heterocycles. The number of fused-ring (bicyclic) bond motifs is 1. The number of furan rings is 1. The Morgan fingerprint density at radius 2 is 1.64 bits per heavy atom. The molecule has 1 aromatic heterocycles. The van der Waals surface area contributed by atoms with E-state index in [0.717, 1.165) is 53.9 Å². The molecule has 0 aliphatic rings. The molecule has 0 spiro atoms. The van der Waals surface area contributed by atoms with Crippen LogP contribution in [0.25, 0.3) is 11.0 Å². The molecule has 5 N–H and O–H groups in total. The lowest BCUT2D eigenvalue weighted by atomic mass is 10.1. The number of rotatable bonds is 11. The fourth-order valence-corrected chi connectivity index (χ4v) is 4.08. The van der Waals surface area contributed by atoms with E-state index in [-0.39, 0.29) is 5.91 Å². The maximum atomic E-state index is 12.7. The molecule has 0 fully saturated rings. The number of nitrogens with zero attached hydrogens (tertiary/aromatic N) is 1. The van der Waals surface area contributed by atoms with Crippen LogP contribution >= 0.6 is 0 Å². The number of amides is 1. The lowest BCUT2D eigenvalue weighted by Crippen LogP contribution is -2.39. The highest BCUT2D eigenvalue weighted by atomic mass is 16.4. The van der Waals surface area contributed by atoms with Gasteiger partial charge >= 0.3 is 11.9 Å². The molecule has 0 aliphatic carbocycles. The third-order valence-electron chi connectivity index (χ3n) is 6.07. The number of carbonyl (C=O) groups is 3. The van der Waals surface area contributed by atoms with Crippen LogP contribution in [0.15, 0.2) is 46.9 Å². The van der Waals surface area contributed by atoms with Crippen molar-refractivity contribution in [3.63, 3.8) is 0 Å². The summed E-state index contributed by atoms with van der Waals surface area (Å²) in [5.74, 6) is -2.02. The molecule has 10 nitrogen and oxygen atoms in total. The van der Waals surface area contributed by atoms with Gasteiger partial charge in [0, 0.05) is 35.3 Å². The van der Waals surface area contributed by atoms with Crippen LogP contribution in [0.4, 0.5) is 5.69 Å². The van der Waals surface area contributed by atoms with Gasteiger partial charge in [0.15, 0.2) is 12.2 Å². The summed E-state index contributed by atoms with van der Waals surface area (Å²) >= 11 is 0. The van der Waals surface area contributed by atoms with Crippen molar-refractivity contribution in [2.45, 2.75) is 52.7 Å². The average molecular weight is 543 g/mol. The minimum Gasteiger partial charge on any atom is -0.479 e. The Bertz CT molecular complexity index is 1270. The number of carboxylic acids is 2. The molecule has 2 aromatic carbocycles. The number of carboxylic acid groups (broad SMARTS) is 2. The van der Waals surface area contributed by atoms with Crippen LogP contribution in [0.3, 0.4) is 0 Å². The van der Waals surface area contributed by atoms with Crippen LogP contribution in [0, 0.1) is 12.8 Å². The Morgan fingerprint density at radius 1 is 1.00 bits per heavy atom. The Balaban J connectivity index is 0.000000455. The fourth-order valence-electron chi connectivity index (χ4n) is 4.08. The highest BCUT2D eigenvalue weighted by molar-refractivity contribution is 6.05. The standard InChI is InChI=1S/C25H32N2O2.C4H6O6/c1-6-19-8-7-9-20(14-19)25(28)26-21-10-11-24-23(15-21)22(18(4)29-24)12-13-27(5)16-17(2)3;5-1(3(7)8)2(6)4(9)10/h7-11,14-15,17H,6,12-13,16H2,1-5H3,(H,26,28);1-2,5-6H,(H,7,8)(H,9,10). The van der Waals surface area contributed by atoms with Crippen molar-refractivity contribution in [2.24, 2.45) is 5.92 Å². The van der Waals surface area contributed by atoms with Crippen LogP contribution in [0.5, 0.6) is 0 Å². The van der Waals surface area contributed by atoms with Crippen LogP contribution in [0.1, 0.15) is 48.0 Å². The third-order valence-corrected chi connectivity index (χ3v) is 6.07. The van der Waals surface area contributed by atoms with Crippen LogP contribution < -0.4 is 5.32 Å². The number of nitrogens with one attached hydrogen (secondary N) is 1. The Labute approximate surface area is 227 Å². The number of carbonyl (C=O) groups excluding carboxylic acids is 1. The van der Waals surface area contributed by atoms with Crippen molar-refractivity contribution in [3.05, 3.63) is 64.9 Å². The molecule has 1 amide bonds. The van der Waals surface area contributed by atoms with Gasteiger partial charge in [-0.2, -0.15) is 0 Å². The van der Waals surface area contributed by atoms with E-state index in [9.17, 15) is 14.4 Å². The summed E-state index contributed by atoms with van der Waals surface area (Å²) in [6, 6.07) is 13.7. The van der Waals surface area contributed by atoms with Crippen LogP contribution in [-0.2, 0) is 22.4 Å². The molecule has 10 heteroatoms. The van der Waals surface area contributed by atoms with E-state index in [2.05, 4.69) is 38.0 Å². The van der Waals surface area contributed by atoms with Crippen molar-refractivity contribution >= 4 is 34.5 Å². The molecule has 0 saturated carbocycles. The lowest BCUT2D eigenvalue weighted by molar-refractivity contribution is -0.165. The number of aliphatic carboxylic acids is 2. The predicted octanol–water partition coefficient (Wildman–Crippen LogP) is 3.56. The second kappa shape index (κ2) is 14.4. The first kappa shape index (κ1) is 31.5. The van der Waals surface area contributed by atoms with E-state index in [1.54, 1.807) is 0 Å². The van der Waals surface area contributed by atoms with Gasteiger partial charge in [-0.05, 0) is 68.6 Å². The minimum atomic E-state index is -2.27. The van der Waals surface area contributed by atoms with Gasteiger partial charge in [0.25, 0.3) is 5.91 Å². The molecule has 3 rings (SSSR count). The quantitative estimate of drug-likeness (QED) is 0.244. The Hall–Kier alpha value is -3.73. The third kappa shape index (κ3) is 9.20. The number of aliphatic hydroxyl groups excluding tert-OH is 2. The summed E-state index contributed by atoms with van der Waals surface area (Å²) in [7, 11) is 2.16.